The van der Waals surface area contributed by atoms with Crippen LogP contribution in [0.2, 0.25) is 5.02 Å². The van der Waals surface area contributed by atoms with Gasteiger partial charge < -0.3 is 35.8 Å². The molecule has 0 bridgehead atoms. The van der Waals surface area contributed by atoms with Crippen LogP contribution in [-0.2, 0) is 22.3 Å². The number of piperidine rings is 2. The lowest BCUT2D eigenvalue weighted by Crippen LogP contribution is -2.53. The molecule has 3 aliphatic heterocycles. The number of hydrogen-bond acceptors (Lipinski definition) is 10. The first-order valence-electron chi connectivity index (χ1n) is 21.7. The van der Waals surface area contributed by atoms with E-state index >= 15 is 0 Å². The number of halogens is 4. The predicted octanol–water partition coefficient (Wildman–Crippen LogP) is 4.74. The molecule has 0 unspecified atom stereocenters. The maximum Gasteiger partial charge on any atom is 0.416 e. The minimum Gasteiger partial charge on any atom is -0.388 e. The number of alkyl halides is 3. The number of amides is 3. The van der Waals surface area contributed by atoms with Crippen LogP contribution in [0.1, 0.15) is 53.1 Å². The highest BCUT2D eigenvalue weighted by Gasteiger charge is 2.41. The van der Waals surface area contributed by atoms with Crippen molar-refractivity contribution in [2.45, 2.75) is 49.9 Å². The average Bonchev–Trinajstić information content (AvgIpc) is 3.29. The number of hydrogen-bond donors (Lipinski definition) is 4. The van der Waals surface area contributed by atoms with Crippen LogP contribution in [0, 0.1) is 5.92 Å². The number of carbonyl (C=O) groups excluding carboxylic acids is 3. The number of piperazine rings is 1. The van der Waals surface area contributed by atoms with Gasteiger partial charge in [-0.05, 0) is 79.9 Å². The molecule has 64 heavy (non-hydrogen) atoms. The summed E-state index contributed by atoms with van der Waals surface area (Å²) in [6.07, 6.45) is -0.358. The molecule has 4 N–H and O–H groups in total. The molecule has 3 saturated heterocycles. The van der Waals surface area contributed by atoms with E-state index in [9.17, 15) is 37.5 Å². The summed E-state index contributed by atoms with van der Waals surface area (Å²) in [5.41, 5.74) is 0.172. The monoisotopic (exact) mass is 901 g/mol. The number of pyridine rings is 1. The minimum absolute atomic E-state index is 0.0312. The molecule has 3 amide bonds. The van der Waals surface area contributed by atoms with Gasteiger partial charge in [0.2, 0.25) is 11.8 Å². The Morgan fingerprint density at radius 3 is 2.36 bits per heavy atom. The third-order valence-corrected chi connectivity index (χ3v) is 13.1. The van der Waals surface area contributed by atoms with Crippen molar-refractivity contribution in [1.29, 1.82) is 0 Å². The lowest BCUT2D eigenvalue weighted by Gasteiger charge is -2.43. The third kappa shape index (κ3) is 10.6. The zero-order chi connectivity index (χ0) is 45.0. The van der Waals surface area contributed by atoms with Crippen molar-refractivity contribution >= 4 is 56.8 Å². The van der Waals surface area contributed by atoms with Crippen LogP contribution in [0.15, 0.2) is 84.0 Å². The number of benzene rings is 3. The second-order valence-electron chi connectivity index (χ2n) is 17.1. The number of aliphatic hydroxyl groups is 1. The van der Waals surface area contributed by atoms with Crippen molar-refractivity contribution in [3.8, 4) is 0 Å². The van der Waals surface area contributed by atoms with Gasteiger partial charge in [-0.15, -0.1) is 0 Å². The summed E-state index contributed by atoms with van der Waals surface area (Å²) in [6.45, 7) is 6.36. The van der Waals surface area contributed by atoms with Crippen molar-refractivity contribution < 1.29 is 32.7 Å². The molecule has 3 aliphatic rings. The second-order valence-corrected chi connectivity index (χ2v) is 17.5. The largest absolute Gasteiger partial charge is 0.416 e. The fourth-order valence-electron chi connectivity index (χ4n) is 9.08. The van der Waals surface area contributed by atoms with Gasteiger partial charge in [-0.2, -0.15) is 13.2 Å². The summed E-state index contributed by atoms with van der Waals surface area (Å²) in [5.74, 6) is -1.50. The van der Waals surface area contributed by atoms with E-state index in [1.165, 1.54) is 23.0 Å². The maximum atomic E-state index is 14.3. The standard InChI is InChI=1S/C46H51ClF3N9O5/c47-38-9-14-52-39-25-31(3-7-35(38)39)42(61)53-17-24-57-18-10-34(37(27-57)30-1-4-32(5-2-30)46(48,49)50)43(62)58-20-12-45(64,13-21-58)28-59-29-54-40-26-33(6-8-36(40)44(59)63)55-41(60)11-19-56-22-15-51-16-23-56/h1-9,14,25-26,29,34,37,51,64H,10-13,15-24,27-28H2,(H,53,61)(H,55,60)/t34-,37+/m1/s1. The number of likely N-dealkylation sites (tertiary alicyclic amines) is 2. The van der Waals surface area contributed by atoms with E-state index < -0.39 is 29.2 Å². The fraction of sp³-hybridized carbons (Fsp3) is 0.435. The Bertz CT molecular complexity index is 2560. The normalized spacial score (nSPS) is 19.7. The van der Waals surface area contributed by atoms with Gasteiger partial charge >= 0.3 is 6.18 Å². The number of aromatic nitrogens is 3. The quantitative estimate of drug-likeness (QED) is 0.138. The van der Waals surface area contributed by atoms with Crippen LogP contribution >= 0.6 is 11.6 Å². The van der Waals surface area contributed by atoms with Gasteiger partial charge in [-0.1, -0.05) is 29.8 Å². The number of nitrogens with zero attached hydrogens (tertiary/aromatic N) is 6. The van der Waals surface area contributed by atoms with E-state index in [-0.39, 0.29) is 55.8 Å². The Labute approximate surface area is 372 Å². The highest BCUT2D eigenvalue weighted by molar-refractivity contribution is 6.35. The third-order valence-electron chi connectivity index (χ3n) is 12.8. The molecule has 5 heterocycles. The Morgan fingerprint density at radius 1 is 0.875 bits per heavy atom. The van der Waals surface area contributed by atoms with Crippen molar-refractivity contribution in [3.05, 3.63) is 111 Å². The van der Waals surface area contributed by atoms with Crippen molar-refractivity contribution in [3.63, 3.8) is 0 Å². The lowest BCUT2D eigenvalue weighted by atomic mass is 9.79. The Kier molecular flexibility index (Phi) is 13.6. The number of fused-ring (bicyclic) bond motifs is 2. The molecule has 0 radical (unpaired) electrons. The van der Waals surface area contributed by atoms with Crippen LogP contribution in [0.3, 0.4) is 0 Å². The van der Waals surface area contributed by atoms with Gasteiger partial charge in [0.15, 0.2) is 0 Å². The molecule has 338 valence electrons. The van der Waals surface area contributed by atoms with Crippen LogP contribution in [0.25, 0.3) is 21.8 Å². The van der Waals surface area contributed by atoms with Gasteiger partial charge in [-0.3, -0.25) is 28.7 Å². The van der Waals surface area contributed by atoms with Crippen molar-refractivity contribution in [2.24, 2.45) is 5.92 Å². The molecular weight excluding hydrogens is 851 g/mol. The van der Waals surface area contributed by atoms with E-state index in [2.05, 4.69) is 35.7 Å². The number of rotatable bonds is 12. The zero-order valence-electron chi connectivity index (χ0n) is 35.2. The zero-order valence-corrected chi connectivity index (χ0v) is 36.0. The van der Waals surface area contributed by atoms with Crippen molar-refractivity contribution in [2.75, 3.05) is 77.3 Å². The lowest BCUT2D eigenvalue weighted by molar-refractivity contribution is -0.142. The Morgan fingerprint density at radius 2 is 1.61 bits per heavy atom. The van der Waals surface area contributed by atoms with Gasteiger partial charge in [-0.25, -0.2) is 4.98 Å². The first-order valence-corrected chi connectivity index (χ1v) is 22.1. The van der Waals surface area contributed by atoms with Crippen LogP contribution in [0.4, 0.5) is 18.9 Å². The highest BCUT2D eigenvalue weighted by atomic mass is 35.5. The van der Waals surface area contributed by atoms with Gasteiger partial charge in [0.05, 0.1) is 45.5 Å². The molecular formula is C46H51ClF3N9O5. The minimum atomic E-state index is -4.51. The molecule has 18 heteroatoms. The molecule has 0 aliphatic carbocycles. The van der Waals surface area contributed by atoms with E-state index in [0.717, 1.165) is 43.7 Å². The van der Waals surface area contributed by atoms with Gasteiger partial charge in [0.25, 0.3) is 11.5 Å². The molecule has 5 aromatic rings. The SMILES string of the molecule is O=C(CCN1CCNCC1)Nc1ccc2c(=O)n(CC3(O)CCN(C(=O)[C@@H]4CCN(CCNC(=O)c5ccc6c(Cl)ccnc6c5)C[C@H]4c4ccc(C(F)(F)F)cc4)CC3)cnc2c1. The number of carbonyl (C=O) groups is 3. The number of nitrogens with one attached hydrogen (secondary N) is 3. The van der Waals surface area contributed by atoms with E-state index in [1.54, 1.807) is 53.6 Å². The highest BCUT2D eigenvalue weighted by Crippen LogP contribution is 2.37. The molecule has 0 spiro atoms. The van der Waals surface area contributed by atoms with E-state index in [4.69, 9.17) is 11.6 Å². The smallest absolute Gasteiger partial charge is 0.388 e. The first kappa shape index (κ1) is 45.1. The first-order chi connectivity index (χ1) is 30.7. The maximum absolute atomic E-state index is 14.3. The van der Waals surface area contributed by atoms with Gasteiger partial charge in [0.1, 0.15) is 0 Å². The molecule has 2 atom stereocenters. The summed E-state index contributed by atoms with van der Waals surface area (Å²) >= 11 is 6.25. The van der Waals surface area contributed by atoms with E-state index in [1.807, 2.05) is 0 Å². The Hall–Kier alpha value is -5.46. The van der Waals surface area contributed by atoms with Crippen molar-refractivity contribution in [1.82, 2.24) is 39.9 Å². The van der Waals surface area contributed by atoms with Crippen LogP contribution in [0.5, 0.6) is 0 Å². The van der Waals surface area contributed by atoms with E-state index in [0.29, 0.717) is 83.8 Å². The molecule has 8 rings (SSSR count). The molecule has 2 aromatic heterocycles. The molecule has 14 nitrogen and oxygen atoms in total. The average molecular weight is 902 g/mol. The predicted molar refractivity (Wildman–Crippen MR) is 237 cm³/mol. The molecule has 0 saturated carbocycles. The fourth-order valence-corrected chi connectivity index (χ4v) is 9.30. The van der Waals surface area contributed by atoms with Crippen LogP contribution < -0.4 is 21.5 Å². The summed E-state index contributed by atoms with van der Waals surface area (Å²) in [4.78, 5) is 68.4. The van der Waals surface area contributed by atoms with Gasteiger partial charge in [0, 0.05) is 107 Å². The summed E-state index contributed by atoms with van der Waals surface area (Å²) in [6, 6.07) is 16.7. The van der Waals surface area contributed by atoms with Crippen LogP contribution in [-0.4, -0.2) is 130 Å². The summed E-state index contributed by atoms with van der Waals surface area (Å²) < 4.78 is 42.0. The summed E-state index contributed by atoms with van der Waals surface area (Å²) in [7, 11) is 0. The molecule has 3 aromatic carbocycles. The Balaban J connectivity index is 0.879. The second kappa shape index (κ2) is 19.3. The molecule has 3 fully saturated rings. The topological polar surface area (TPSA) is 165 Å². The number of anilines is 1. The summed E-state index contributed by atoms with van der Waals surface area (Å²) in [5, 5.41) is 22.5.